The van der Waals surface area contributed by atoms with Crippen molar-refractivity contribution in [3.63, 3.8) is 0 Å². The van der Waals surface area contributed by atoms with Gasteiger partial charge in [-0.3, -0.25) is 4.79 Å². The fraction of sp³-hybridized carbons (Fsp3) is 0.421. The number of aromatic amines is 1. The number of aromatic nitrogens is 4. The van der Waals surface area contributed by atoms with Crippen LogP contribution in [0.15, 0.2) is 24.4 Å². The zero-order chi connectivity index (χ0) is 17.4. The molecule has 0 saturated carbocycles. The second-order valence-corrected chi connectivity index (χ2v) is 6.98. The highest BCUT2D eigenvalue weighted by molar-refractivity contribution is 5.85. The SMILES string of the molecule is Cc1ccc2c(CCNC(=O)C3CCc4n[nH]nc4C3)cn(C)c2c1. The number of hydrogen-bond acceptors (Lipinski definition) is 3. The average molecular weight is 337 g/mol. The Labute approximate surface area is 146 Å². The van der Waals surface area contributed by atoms with Gasteiger partial charge in [-0.25, -0.2) is 0 Å². The summed E-state index contributed by atoms with van der Waals surface area (Å²) in [5, 5.41) is 15.3. The summed E-state index contributed by atoms with van der Waals surface area (Å²) in [4.78, 5) is 12.5. The molecule has 1 aromatic carbocycles. The third-order valence-electron chi connectivity index (χ3n) is 5.17. The Morgan fingerprint density at radius 1 is 1.36 bits per heavy atom. The molecule has 0 radical (unpaired) electrons. The Bertz CT molecular complexity index is 923. The standard InChI is InChI=1S/C19H23N5O/c1-12-3-5-15-14(11-24(2)18(15)9-12)7-8-20-19(25)13-4-6-16-17(10-13)22-23-21-16/h3,5,9,11,13H,4,6-8,10H2,1-2H3,(H,20,25)(H,21,22,23). The van der Waals surface area contributed by atoms with Crippen molar-refractivity contribution >= 4 is 16.8 Å². The first-order valence-electron chi connectivity index (χ1n) is 8.82. The predicted octanol–water partition coefficient (Wildman–Crippen LogP) is 2.07. The highest BCUT2D eigenvalue weighted by Crippen LogP contribution is 2.23. The van der Waals surface area contributed by atoms with Crippen molar-refractivity contribution < 1.29 is 4.79 Å². The second kappa shape index (κ2) is 6.35. The van der Waals surface area contributed by atoms with Gasteiger partial charge in [-0.05, 0) is 43.4 Å². The van der Waals surface area contributed by atoms with Gasteiger partial charge in [0.25, 0.3) is 0 Å². The van der Waals surface area contributed by atoms with Crippen LogP contribution in [-0.4, -0.2) is 32.4 Å². The van der Waals surface area contributed by atoms with E-state index in [2.05, 4.69) is 63.7 Å². The average Bonchev–Trinajstić information content (AvgIpc) is 3.19. The van der Waals surface area contributed by atoms with Crippen molar-refractivity contribution in [2.45, 2.75) is 32.6 Å². The number of benzene rings is 1. The summed E-state index contributed by atoms with van der Waals surface area (Å²) in [5.74, 6) is 0.137. The first-order chi connectivity index (χ1) is 12.1. The van der Waals surface area contributed by atoms with E-state index >= 15 is 0 Å². The maximum atomic E-state index is 12.5. The molecule has 0 fully saturated rings. The minimum Gasteiger partial charge on any atom is -0.356 e. The van der Waals surface area contributed by atoms with E-state index in [1.54, 1.807) is 0 Å². The molecule has 6 heteroatoms. The van der Waals surface area contributed by atoms with Gasteiger partial charge in [0.05, 0.1) is 11.4 Å². The molecule has 130 valence electrons. The van der Waals surface area contributed by atoms with E-state index in [1.807, 2.05) is 0 Å². The Hall–Kier alpha value is -2.63. The summed E-state index contributed by atoms with van der Waals surface area (Å²) in [6, 6.07) is 6.52. The lowest BCUT2D eigenvalue weighted by Crippen LogP contribution is -2.35. The summed E-state index contributed by atoms with van der Waals surface area (Å²) >= 11 is 0. The largest absolute Gasteiger partial charge is 0.356 e. The van der Waals surface area contributed by atoms with Crippen molar-refractivity contribution in [2.75, 3.05) is 6.54 Å². The van der Waals surface area contributed by atoms with Crippen LogP contribution in [0.4, 0.5) is 0 Å². The predicted molar refractivity (Wildman–Crippen MR) is 96.3 cm³/mol. The zero-order valence-electron chi connectivity index (χ0n) is 14.7. The van der Waals surface area contributed by atoms with E-state index in [9.17, 15) is 4.79 Å². The van der Waals surface area contributed by atoms with Crippen LogP contribution in [0, 0.1) is 12.8 Å². The molecule has 4 rings (SSSR count). The van der Waals surface area contributed by atoms with E-state index in [4.69, 9.17) is 0 Å². The van der Waals surface area contributed by atoms with Gasteiger partial charge in [-0.15, -0.1) is 0 Å². The molecule has 1 amide bonds. The second-order valence-electron chi connectivity index (χ2n) is 6.98. The van der Waals surface area contributed by atoms with Gasteiger partial charge < -0.3 is 9.88 Å². The maximum absolute atomic E-state index is 12.5. The molecule has 0 aliphatic heterocycles. The third-order valence-corrected chi connectivity index (χ3v) is 5.17. The Morgan fingerprint density at radius 3 is 3.08 bits per heavy atom. The van der Waals surface area contributed by atoms with Crippen LogP contribution in [0.5, 0.6) is 0 Å². The van der Waals surface area contributed by atoms with Crippen LogP contribution < -0.4 is 5.32 Å². The van der Waals surface area contributed by atoms with Gasteiger partial charge in [-0.2, -0.15) is 15.4 Å². The summed E-state index contributed by atoms with van der Waals surface area (Å²) in [7, 11) is 2.07. The molecule has 1 aliphatic carbocycles. The van der Waals surface area contributed by atoms with E-state index in [-0.39, 0.29) is 11.8 Å². The van der Waals surface area contributed by atoms with Crippen molar-refractivity contribution in [1.82, 2.24) is 25.3 Å². The van der Waals surface area contributed by atoms with Crippen LogP contribution in [-0.2, 0) is 31.1 Å². The van der Waals surface area contributed by atoms with Crippen molar-refractivity contribution in [3.05, 3.63) is 46.9 Å². The molecule has 25 heavy (non-hydrogen) atoms. The Balaban J connectivity index is 1.37. The van der Waals surface area contributed by atoms with Crippen LogP contribution in [0.25, 0.3) is 10.9 Å². The number of amides is 1. The summed E-state index contributed by atoms with van der Waals surface area (Å²) in [5.41, 5.74) is 5.73. The first-order valence-corrected chi connectivity index (χ1v) is 8.82. The molecule has 0 saturated heterocycles. The van der Waals surface area contributed by atoms with Crippen LogP contribution in [0.1, 0.15) is 28.9 Å². The first kappa shape index (κ1) is 15.9. The van der Waals surface area contributed by atoms with Gasteiger partial charge >= 0.3 is 0 Å². The molecule has 0 bridgehead atoms. The lowest BCUT2D eigenvalue weighted by Gasteiger charge is -2.19. The third kappa shape index (κ3) is 3.04. The lowest BCUT2D eigenvalue weighted by molar-refractivity contribution is -0.125. The lowest BCUT2D eigenvalue weighted by atomic mass is 9.89. The summed E-state index contributed by atoms with van der Waals surface area (Å²) in [6.07, 6.45) is 5.36. The molecular weight excluding hydrogens is 314 g/mol. The minimum atomic E-state index is 0.00719. The molecule has 1 unspecified atom stereocenters. The fourth-order valence-electron chi connectivity index (χ4n) is 3.75. The molecule has 6 nitrogen and oxygen atoms in total. The normalized spacial score (nSPS) is 16.8. The maximum Gasteiger partial charge on any atom is 0.223 e. The number of hydrogen-bond donors (Lipinski definition) is 2. The Morgan fingerprint density at radius 2 is 2.20 bits per heavy atom. The van der Waals surface area contributed by atoms with Gasteiger partial charge in [0.2, 0.25) is 5.91 Å². The molecule has 2 aromatic heterocycles. The molecule has 2 heterocycles. The van der Waals surface area contributed by atoms with Gasteiger partial charge in [-0.1, -0.05) is 12.1 Å². The number of fused-ring (bicyclic) bond motifs is 2. The molecule has 0 spiro atoms. The zero-order valence-corrected chi connectivity index (χ0v) is 14.7. The van der Waals surface area contributed by atoms with Gasteiger partial charge in [0.1, 0.15) is 0 Å². The number of nitrogens with zero attached hydrogens (tertiary/aromatic N) is 3. The quantitative estimate of drug-likeness (QED) is 0.765. The van der Waals surface area contributed by atoms with E-state index in [1.165, 1.54) is 22.0 Å². The highest BCUT2D eigenvalue weighted by Gasteiger charge is 2.26. The number of nitrogens with one attached hydrogen (secondary N) is 2. The molecule has 1 atom stereocenters. The smallest absolute Gasteiger partial charge is 0.223 e. The van der Waals surface area contributed by atoms with Crippen molar-refractivity contribution in [3.8, 4) is 0 Å². The number of aryl methyl sites for hydroxylation is 3. The summed E-state index contributed by atoms with van der Waals surface area (Å²) in [6.45, 7) is 2.77. The van der Waals surface area contributed by atoms with Crippen LogP contribution in [0.3, 0.4) is 0 Å². The van der Waals surface area contributed by atoms with Crippen molar-refractivity contribution in [2.24, 2.45) is 13.0 Å². The number of H-pyrrole nitrogens is 1. The monoisotopic (exact) mass is 337 g/mol. The van der Waals surface area contributed by atoms with Gasteiger partial charge in [0, 0.05) is 43.0 Å². The number of carbonyl (C=O) groups excluding carboxylic acids is 1. The van der Waals surface area contributed by atoms with E-state index < -0.39 is 0 Å². The molecule has 1 aliphatic rings. The minimum absolute atomic E-state index is 0.00719. The van der Waals surface area contributed by atoms with E-state index in [0.29, 0.717) is 13.0 Å². The van der Waals surface area contributed by atoms with Crippen LogP contribution >= 0.6 is 0 Å². The van der Waals surface area contributed by atoms with Crippen LogP contribution in [0.2, 0.25) is 0 Å². The van der Waals surface area contributed by atoms with E-state index in [0.717, 1.165) is 30.7 Å². The number of rotatable bonds is 4. The van der Waals surface area contributed by atoms with Crippen molar-refractivity contribution in [1.29, 1.82) is 0 Å². The topological polar surface area (TPSA) is 75.6 Å². The molecular formula is C19H23N5O. The molecule has 3 aromatic rings. The fourth-order valence-corrected chi connectivity index (χ4v) is 3.75. The Kier molecular flexibility index (Phi) is 4.03. The number of carbonyl (C=O) groups is 1. The van der Waals surface area contributed by atoms with Gasteiger partial charge in [0.15, 0.2) is 0 Å². The molecule has 2 N–H and O–H groups in total. The summed E-state index contributed by atoms with van der Waals surface area (Å²) < 4.78 is 2.16. The highest BCUT2D eigenvalue weighted by atomic mass is 16.1.